The molecule has 8 aromatic rings. The van der Waals surface area contributed by atoms with E-state index in [1.54, 1.807) is 12.4 Å². The third-order valence-corrected chi connectivity index (χ3v) is 6.98. The van der Waals surface area contributed by atoms with Crippen molar-refractivity contribution in [2.45, 2.75) is 0 Å². The molecule has 0 atom stereocenters. The van der Waals surface area contributed by atoms with Gasteiger partial charge in [-0.1, -0.05) is 121 Å². The van der Waals surface area contributed by atoms with Crippen LogP contribution in [0.2, 0.25) is 0 Å². The zero-order chi connectivity index (χ0) is 23.9. The van der Waals surface area contributed by atoms with Crippen molar-refractivity contribution >= 4 is 64.9 Å². The molecule has 1 heterocycles. The Morgan fingerprint density at radius 3 is 1.08 bits per heavy atom. The van der Waals surface area contributed by atoms with E-state index in [1.807, 2.05) is 0 Å². The van der Waals surface area contributed by atoms with E-state index in [0.717, 1.165) is 43.4 Å². The first kappa shape index (κ1) is 20.5. The van der Waals surface area contributed by atoms with Crippen LogP contribution in [0.25, 0.3) is 64.9 Å². The lowest BCUT2D eigenvalue weighted by Gasteiger charge is -2.11. The number of nitrogens with zero attached hydrogens (tertiary/aromatic N) is 2. The van der Waals surface area contributed by atoms with Crippen LogP contribution in [0.5, 0.6) is 0 Å². The molecule has 2 bridgehead atoms. The van der Waals surface area contributed by atoms with Crippen LogP contribution in [0.15, 0.2) is 134 Å². The molecule has 0 saturated carbocycles. The summed E-state index contributed by atoms with van der Waals surface area (Å²) in [5, 5.41) is 11.6. The van der Waals surface area contributed by atoms with Crippen LogP contribution in [-0.2, 0) is 0 Å². The first-order valence-electron chi connectivity index (χ1n) is 12.2. The molecule has 36 heavy (non-hydrogen) atoms. The number of fused-ring (bicyclic) bond motifs is 2. The fourth-order valence-corrected chi connectivity index (χ4v) is 5.34. The smallest absolute Gasteiger partial charge is 0.0978 e. The van der Waals surface area contributed by atoms with Crippen LogP contribution in [0, 0.1) is 0 Å². The van der Waals surface area contributed by atoms with Crippen molar-refractivity contribution in [3.8, 4) is 0 Å². The van der Waals surface area contributed by atoms with Crippen LogP contribution in [0.3, 0.4) is 0 Å². The van der Waals surface area contributed by atoms with Gasteiger partial charge in [0.25, 0.3) is 0 Å². The minimum Gasteiger partial charge on any atom is -0.252 e. The molecule has 0 radical (unpaired) electrons. The average Bonchev–Trinajstić information content (AvgIpc) is 2.94. The van der Waals surface area contributed by atoms with E-state index in [1.165, 1.54) is 21.5 Å². The molecule has 168 valence electrons. The zero-order valence-corrected chi connectivity index (χ0v) is 19.6. The molecule has 2 heteroatoms. The molecule has 7 aromatic carbocycles. The van der Waals surface area contributed by atoms with Crippen molar-refractivity contribution in [3.63, 3.8) is 0 Å². The van der Waals surface area contributed by atoms with Crippen molar-refractivity contribution < 1.29 is 0 Å². The van der Waals surface area contributed by atoms with Gasteiger partial charge in [0.2, 0.25) is 0 Å². The first-order valence-corrected chi connectivity index (χ1v) is 12.2. The summed E-state index contributed by atoms with van der Waals surface area (Å²) in [5.74, 6) is 0. The van der Waals surface area contributed by atoms with Crippen LogP contribution in [0.4, 0.5) is 0 Å². The van der Waals surface area contributed by atoms with Crippen molar-refractivity contribution in [1.82, 2.24) is 9.97 Å². The summed E-state index contributed by atoms with van der Waals surface area (Å²) in [6.45, 7) is 0. The van der Waals surface area contributed by atoms with Gasteiger partial charge in [-0.05, 0) is 43.1 Å². The third kappa shape index (κ3) is 3.27. The average molecular weight is 459 g/mol. The lowest BCUT2D eigenvalue weighted by atomic mass is 9.95. The molecule has 1 aromatic heterocycles. The second-order valence-corrected chi connectivity index (χ2v) is 9.02. The minimum absolute atomic E-state index is 0.920. The highest BCUT2D eigenvalue weighted by Crippen LogP contribution is 2.38. The molecule has 0 unspecified atom stereocenters. The minimum atomic E-state index is 0.920. The number of aromatic nitrogens is 2. The monoisotopic (exact) mass is 458 g/mol. The molecule has 0 aliphatic carbocycles. The summed E-state index contributed by atoms with van der Waals surface area (Å²) >= 11 is 0. The predicted molar refractivity (Wildman–Crippen MR) is 154 cm³/mol. The second kappa shape index (κ2) is 8.44. The maximum Gasteiger partial charge on any atom is 0.0978 e. The molecular weight excluding hydrogens is 436 g/mol. The van der Waals surface area contributed by atoms with E-state index in [0.29, 0.717) is 0 Å². The highest BCUT2D eigenvalue weighted by molar-refractivity contribution is 6.32. The quantitative estimate of drug-likeness (QED) is 0.212. The zero-order valence-electron chi connectivity index (χ0n) is 19.6. The maximum absolute atomic E-state index is 4.92. The van der Waals surface area contributed by atoms with E-state index in [4.69, 9.17) is 9.97 Å². The summed E-state index contributed by atoms with van der Waals surface area (Å²) in [4.78, 5) is 9.83. The van der Waals surface area contributed by atoms with E-state index < -0.39 is 0 Å². The van der Waals surface area contributed by atoms with Gasteiger partial charge in [0.15, 0.2) is 0 Å². The highest BCUT2D eigenvalue weighted by atomic mass is 14.8. The van der Waals surface area contributed by atoms with E-state index >= 15 is 0 Å². The van der Waals surface area contributed by atoms with Crippen LogP contribution in [0.1, 0.15) is 0 Å². The van der Waals surface area contributed by atoms with Crippen molar-refractivity contribution in [3.05, 3.63) is 134 Å². The summed E-state index contributed by atoms with van der Waals surface area (Å²) in [7, 11) is 0. The maximum atomic E-state index is 4.92. The van der Waals surface area contributed by atoms with E-state index in [9.17, 15) is 0 Å². The molecule has 0 saturated heterocycles. The fraction of sp³-hybridized carbons (Fsp3) is 0. The lowest BCUT2D eigenvalue weighted by molar-refractivity contribution is 1.31. The Balaban J connectivity index is 1.92. The molecule has 8 rings (SSSR count). The van der Waals surface area contributed by atoms with E-state index in [2.05, 4.69) is 121 Å². The third-order valence-electron chi connectivity index (χ3n) is 6.98. The Kier molecular flexibility index (Phi) is 4.82. The number of hydrogen-bond acceptors (Lipinski definition) is 2. The van der Waals surface area contributed by atoms with Crippen LogP contribution in [-0.4, -0.2) is 9.97 Å². The van der Waals surface area contributed by atoms with Gasteiger partial charge in [-0.25, -0.2) is 0 Å². The first-order chi connectivity index (χ1) is 17.9. The molecule has 0 fully saturated rings. The van der Waals surface area contributed by atoms with Gasteiger partial charge in [0.1, 0.15) is 0 Å². The predicted octanol–water partition coefficient (Wildman–Crippen LogP) is 9.08. The molecule has 0 aliphatic heterocycles. The molecule has 0 aliphatic rings. The Morgan fingerprint density at radius 2 is 0.639 bits per heavy atom. The van der Waals surface area contributed by atoms with Gasteiger partial charge in [-0.15, -0.1) is 0 Å². The Hall–Kier alpha value is -4.82. The van der Waals surface area contributed by atoms with Gasteiger partial charge >= 0.3 is 0 Å². The molecule has 0 spiro atoms. The number of rotatable bonds is 0. The van der Waals surface area contributed by atoms with Gasteiger partial charge < -0.3 is 0 Å². The van der Waals surface area contributed by atoms with Crippen molar-refractivity contribution in [2.75, 3.05) is 0 Å². The Morgan fingerprint density at radius 1 is 0.306 bits per heavy atom. The van der Waals surface area contributed by atoms with Crippen LogP contribution < -0.4 is 0 Å². The summed E-state index contributed by atoms with van der Waals surface area (Å²) in [6, 6.07) is 43.2. The second-order valence-electron chi connectivity index (χ2n) is 9.02. The highest BCUT2D eigenvalue weighted by Gasteiger charge is 2.13. The van der Waals surface area contributed by atoms with Gasteiger partial charge in [-0.2, -0.15) is 0 Å². The van der Waals surface area contributed by atoms with E-state index in [-0.39, 0.29) is 0 Å². The summed E-state index contributed by atoms with van der Waals surface area (Å²) in [6.07, 6.45) is 3.60. The molecule has 2 nitrogen and oxygen atoms in total. The normalized spacial score (nSPS) is 11.3. The molecular formula is C34H22N2. The number of hydrogen-bond donors (Lipinski definition) is 0. The molecule has 0 N–H and O–H groups in total. The van der Waals surface area contributed by atoms with Gasteiger partial charge in [-0.3, -0.25) is 9.97 Å². The summed E-state index contributed by atoms with van der Waals surface area (Å²) in [5.41, 5.74) is 1.84. The summed E-state index contributed by atoms with van der Waals surface area (Å²) < 4.78 is 0. The van der Waals surface area contributed by atoms with Crippen molar-refractivity contribution in [2.24, 2.45) is 0 Å². The largest absolute Gasteiger partial charge is 0.252 e. The Bertz CT molecular complexity index is 1850. The lowest BCUT2D eigenvalue weighted by Crippen LogP contribution is -1.89. The van der Waals surface area contributed by atoms with Gasteiger partial charge in [0, 0.05) is 23.2 Å². The fourth-order valence-electron chi connectivity index (χ4n) is 5.34. The standard InChI is InChI=1S/C34H22N2/c1-2-10-24-18-20-26-12-4-6-14-28(26)32-30-16-8-7-15-29(30)31(33-34(32)36-22-21-35-33)27-13-5-3-11-25(27)19-17-23(24)9-1/h1-22H. The Labute approximate surface area is 208 Å². The van der Waals surface area contributed by atoms with Crippen LogP contribution >= 0.6 is 0 Å². The van der Waals surface area contributed by atoms with Gasteiger partial charge in [0.05, 0.1) is 11.0 Å². The van der Waals surface area contributed by atoms with Crippen molar-refractivity contribution in [1.29, 1.82) is 0 Å². The molecule has 0 amide bonds. The number of benzene rings is 5. The SMILES string of the molecule is c1ccc2ccc3ccccc3c3c4ccccc4c(c4ccccc4ccc2c1)c1nccnc13. The topological polar surface area (TPSA) is 25.8 Å².